The molecule has 4 rings (SSSR count). The lowest BCUT2D eigenvalue weighted by molar-refractivity contribution is -0.134. The highest BCUT2D eigenvalue weighted by Crippen LogP contribution is 2.30. The Morgan fingerprint density at radius 1 is 1.16 bits per heavy atom. The number of aryl methyl sites for hydroxylation is 2. The number of aliphatic hydroxyl groups is 1. The van der Waals surface area contributed by atoms with Gasteiger partial charge in [-0.3, -0.25) is 9.69 Å². The van der Waals surface area contributed by atoms with E-state index in [4.69, 9.17) is 9.26 Å². The zero-order valence-electron chi connectivity index (χ0n) is 25.1. The third-order valence-electron chi connectivity index (χ3n) is 7.59. The van der Waals surface area contributed by atoms with Crippen molar-refractivity contribution in [1.29, 1.82) is 0 Å². The third-order valence-corrected chi connectivity index (χ3v) is 7.59. The maximum Gasteiger partial charge on any atom is 0.335 e. The molecule has 0 saturated carbocycles. The minimum Gasteiger partial charge on any atom is -0.488 e. The van der Waals surface area contributed by atoms with Crippen LogP contribution in [-0.4, -0.2) is 82.0 Å². The Balaban J connectivity index is 1.55. The second kappa shape index (κ2) is 13.7. The number of carboxylic acids is 1. The van der Waals surface area contributed by atoms with Crippen LogP contribution in [0.3, 0.4) is 0 Å². The van der Waals surface area contributed by atoms with Gasteiger partial charge in [0.2, 0.25) is 5.91 Å². The zero-order chi connectivity index (χ0) is 31.3. The molecule has 1 aliphatic rings. The summed E-state index contributed by atoms with van der Waals surface area (Å²) >= 11 is 0. The van der Waals surface area contributed by atoms with Crippen molar-refractivity contribution in [3.8, 4) is 5.75 Å². The molecule has 1 aliphatic heterocycles. The number of nitrogens with zero attached hydrogens (tertiary/aromatic N) is 3. The van der Waals surface area contributed by atoms with E-state index in [1.807, 2.05) is 20.9 Å². The Bertz CT molecular complexity index is 1440. The predicted octanol–water partition coefficient (Wildman–Crippen LogP) is 3.91. The first-order valence-corrected chi connectivity index (χ1v) is 14.2. The molecule has 43 heavy (non-hydrogen) atoms. The number of hydrogen-bond donors (Lipinski definition) is 4. The minimum absolute atomic E-state index is 0.0336. The van der Waals surface area contributed by atoms with E-state index >= 15 is 0 Å². The summed E-state index contributed by atoms with van der Waals surface area (Å²) < 4.78 is 11.7. The molecule has 230 valence electrons. The van der Waals surface area contributed by atoms with E-state index in [0.717, 1.165) is 5.56 Å². The number of fused-ring (bicyclic) bond motifs is 1. The Morgan fingerprint density at radius 3 is 2.51 bits per heavy atom. The normalized spacial score (nSPS) is 17.7. The van der Waals surface area contributed by atoms with Crippen LogP contribution in [-0.2, 0) is 17.8 Å². The lowest BCUT2D eigenvalue weighted by Gasteiger charge is -2.34. The van der Waals surface area contributed by atoms with Gasteiger partial charge in [-0.1, -0.05) is 24.2 Å². The molecule has 0 fully saturated rings. The summed E-state index contributed by atoms with van der Waals surface area (Å²) in [5.41, 5.74) is 3.33. The summed E-state index contributed by atoms with van der Waals surface area (Å²) in [4.78, 5) is 41.2. The highest BCUT2D eigenvalue weighted by molar-refractivity contribution is 6.00. The van der Waals surface area contributed by atoms with E-state index in [2.05, 4.69) is 20.7 Å². The fourth-order valence-electron chi connectivity index (χ4n) is 5.10. The Hall–Kier alpha value is -4.42. The van der Waals surface area contributed by atoms with Gasteiger partial charge in [-0.2, -0.15) is 0 Å². The molecule has 0 bridgehead atoms. The van der Waals surface area contributed by atoms with Crippen molar-refractivity contribution in [2.45, 2.75) is 52.8 Å². The number of ether oxygens (including phenoxy) is 1. The number of amides is 3. The maximum atomic E-state index is 13.5. The SMILES string of the molecule is Cc1noc(C)c1NC(=O)Nc1ccc2c(c1)CC(=O)N([C@@H](C)CO)C[C@@H](C)[C@@H](CN(C)Cc1ccc(C(=O)O)cc1)O2. The van der Waals surface area contributed by atoms with Gasteiger partial charge < -0.3 is 35.0 Å². The molecule has 0 radical (unpaired) electrons. The summed E-state index contributed by atoms with van der Waals surface area (Å²) in [5.74, 6) is -0.175. The number of urea groups is 1. The Labute approximate surface area is 250 Å². The van der Waals surface area contributed by atoms with Crippen molar-refractivity contribution < 1.29 is 33.9 Å². The largest absolute Gasteiger partial charge is 0.488 e. The molecule has 0 aliphatic carbocycles. The quantitative estimate of drug-likeness (QED) is 0.289. The first-order chi connectivity index (χ1) is 20.4. The van der Waals surface area contributed by atoms with Crippen molar-refractivity contribution in [1.82, 2.24) is 15.0 Å². The maximum absolute atomic E-state index is 13.5. The van der Waals surface area contributed by atoms with Crippen molar-refractivity contribution in [3.63, 3.8) is 0 Å². The van der Waals surface area contributed by atoms with Crippen LogP contribution < -0.4 is 15.4 Å². The number of benzene rings is 2. The van der Waals surface area contributed by atoms with E-state index < -0.39 is 12.0 Å². The monoisotopic (exact) mass is 593 g/mol. The lowest BCUT2D eigenvalue weighted by atomic mass is 10.0. The fourth-order valence-corrected chi connectivity index (χ4v) is 5.10. The number of likely N-dealkylation sites (N-methyl/N-ethyl adjacent to an activating group) is 1. The number of anilines is 2. The van der Waals surface area contributed by atoms with Crippen molar-refractivity contribution >= 4 is 29.3 Å². The van der Waals surface area contributed by atoms with E-state index in [-0.39, 0.29) is 42.6 Å². The number of aromatic carboxylic acids is 1. The highest BCUT2D eigenvalue weighted by atomic mass is 16.5. The molecule has 4 N–H and O–H groups in total. The van der Waals surface area contributed by atoms with Crippen LogP contribution in [0.25, 0.3) is 0 Å². The molecule has 2 aromatic carbocycles. The van der Waals surface area contributed by atoms with Crippen LogP contribution in [0.1, 0.15) is 46.8 Å². The molecule has 3 aromatic rings. The van der Waals surface area contributed by atoms with Gasteiger partial charge in [-0.25, -0.2) is 9.59 Å². The number of aromatic nitrogens is 1. The predicted molar refractivity (Wildman–Crippen MR) is 160 cm³/mol. The molecule has 3 atom stereocenters. The van der Waals surface area contributed by atoms with E-state index in [0.29, 0.717) is 53.8 Å². The summed E-state index contributed by atoms with van der Waals surface area (Å²) in [6.45, 7) is 8.57. The van der Waals surface area contributed by atoms with Crippen LogP contribution in [0, 0.1) is 19.8 Å². The number of carbonyl (C=O) groups excluding carboxylic acids is 2. The molecular formula is C31H39N5O7. The van der Waals surface area contributed by atoms with Crippen molar-refractivity contribution in [3.05, 3.63) is 70.6 Å². The molecular weight excluding hydrogens is 554 g/mol. The van der Waals surface area contributed by atoms with Gasteiger partial charge in [0.05, 0.1) is 24.6 Å². The van der Waals surface area contributed by atoms with Crippen LogP contribution in [0.4, 0.5) is 16.2 Å². The number of carbonyl (C=O) groups is 3. The minimum atomic E-state index is -0.970. The van der Waals surface area contributed by atoms with E-state index in [1.54, 1.807) is 61.2 Å². The molecule has 0 saturated heterocycles. The van der Waals surface area contributed by atoms with Crippen LogP contribution in [0.15, 0.2) is 47.0 Å². The number of nitrogens with one attached hydrogen (secondary N) is 2. The summed E-state index contributed by atoms with van der Waals surface area (Å²) in [7, 11) is 1.96. The van der Waals surface area contributed by atoms with Gasteiger partial charge in [0.1, 0.15) is 23.2 Å². The standard InChI is InChI=1S/C31H39N5O7/c1-18-14-36(19(2)17-37)28(38)13-24-12-25(32-31(41)33-29-20(3)34-43-21(29)4)10-11-26(24)42-27(18)16-35(5)15-22-6-8-23(9-7-22)30(39)40/h6-12,18-19,27,37H,13-17H2,1-5H3,(H,39,40)(H2,32,33,41)/t18-,19+,27-/m1/s1. The summed E-state index contributed by atoms with van der Waals surface area (Å²) in [5, 5.41) is 28.5. The van der Waals surface area contributed by atoms with Crippen LogP contribution in [0.5, 0.6) is 5.75 Å². The molecule has 0 spiro atoms. The smallest absolute Gasteiger partial charge is 0.335 e. The van der Waals surface area contributed by atoms with E-state index in [9.17, 15) is 24.6 Å². The molecule has 3 amide bonds. The van der Waals surface area contributed by atoms with Gasteiger partial charge in [0, 0.05) is 36.8 Å². The van der Waals surface area contributed by atoms with Crippen LogP contribution >= 0.6 is 0 Å². The average molecular weight is 594 g/mol. The molecule has 0 unspecified atom stereocenters. The zero-order valence-corrected chi connectivity index (χ0v) is 25.1. The number of hydrogen-bond acceptors (Lipinski definition) is 8. The lowest BCUT2D eigenvalue weighted by Crippen LogP contribution is -2.47. The van der Waals surface area contributed by atoms with E-state index in [1.165, 1.54) is 0 Å². The highest BCUT2D eigenvalue weighted by Gasteiger charge is 2.31. The molecule has 2 heterocycles. The first-order valence-electron chi connectivity index (χ1n) is 14.2. The Morgan fingerprint density at radius 2 is 1.88 bits per heavy atom. The number of aliphatic hydroxyl groups excluding tert-OH is 1. The van der Waals surface area contributed by atoms with Gasteiger partial charge in [0.25, 0.3) is 0 Å². The molecule has 12 nitrogen and oxygen atoms in total. The Kier molecular flexibility index (Phi) is 10.0. The van der Waals surface area contributed by atoms with Gasteiger partial charge >= 0.3 is 12.0 Å². The number of rotatable bonds is 9. The topological polar surface area (TPSA) is 157 Å². The fraction of sp³-hybridized carbons (Fsp3) is 0.419. The van der Waals surface area contributed by atoms with Gasteiger partial charge in [0.15, 0.2) is 5.76 Å². The summed E-state index contributed by atoms with van der Waals surface area (Å²) in [6, 6.07) is 11.1. The van der Waals surface area contributed by atoms with Crippen LogP contribution in [0.2, 0.25) is 0 Å². The van der Waals surface area contributed by atoms with Crippen molar-refractivity contribution in [2.75, 3.05) is 37.4 Å². The van der Waals surface area contributed by atoms with Crippen molar-refractivity contribution in [2.24, 2.45) is 5.92 Å². The third kappa shape index (κ3) is 7.90. The molecule has 1 aromatic heterocycles. The number of carboxylic acid groups (broad SMARTS) is 1. The van der Waals surface area contributed by atoms with Gasteiger partial charge in [-0.05, 0) is 63.7 Å². The summed E-state index contributed by atoms with van der Waals surface area (Å²) in [6.07, 6.45) is -0.283. The second-order valence-corrected chi connectivity index (χ2v) is 11.2. The average Bonchev–Trinajstić information content (AvgIpc) is 3.29. The molecule has 12 heteroatoms. The van der Waals surface area contributed by atoms with Gasteiger partial charge in [-0.15, -0.1) is 0 Å². The first kappa shape index (κ1) is 31.5. The second-order valence-electron chi connectivity index (χ2n) is 11.2.